The lowest BCUT2D eigenvalue weighted by Gasteiger charge is -2.26. The highest BCUT2D eigenvalue weighted by molar-refractivity contribution is 5.78. The van der Waals surface area contributed by atoms with E-state index in [-0.39, 0.29) is 23.3 Å². The first-order chi connectivity index (χ1) is 7.59. The van der Waals surface area contributed by atoms with Gasteiger partial charge in [0.2, 0.25) is 5.91 Å². The van der Waals surface area contributed by atoms with Crippen molar-refractivity contribution in [2.24, 2.45) is 11.3 Å². The molecule has 2 aliphatic rings. The van der Waals surface area contributed by atoms with Gasteiger partial charge in [0, 0.05) is 5.92 Å². The van der Waals surface area contributed by atoms with Crippen LogP contribution in [0, 0.1) is 11.3 Å². The summed E-state index contributed by atoms with van der Waals surface area (Å²) in [5, 5.41) is 0. The van der Waals surface area contributed by atoms with E-state index in [1.165, 1.54) is 12.8 Å². The van der Waals surface area contributed by atoms with Gasteiger partial charge in [0.1, 0.15) is 0 Å². The number of nitrogens with one attached hydrogen (secondary N) is 1. The number of carbonyl (C=O) groups is 1. The van der Waals surface area contributed by atoms with Crippen LogP contribution in [-0.2, 0) is 9.63 Å². The van der Waals surface area contributed by atoms with Crippen LogP contribution in [-0.4, -0.2) is 12.0 Å². The van der Waals surface area contributed by atoms with Gasteiger partial charge in [0.25, 0.3) is 0 Å². The molecule has 0 heterocycles. The molecule has 0 spiro atoms. The average Bonchev–Trinajstić information content (AvgIpc) is 2.83. The fourth-order valence-electron chi connectivity index (χ4n) is 3.03. The highest BCUT2D eigenvalue weighted by Crippen LogP contribution is 2.42. The summed E-state index contributed by atoms with van der Waals surface area (Å²) in [6.45, 7) is 4.36. The van der Waals surface area contributed by atoms with Crippen molar-refractivity contribution >= 4 is 5.91 Å². The van der Waals surface area contributed by atoms with Crippen molar-refractivity contribution in [1.29, 1.82) is 0 Å². The molecule has 2 fully saturated rings. The SMILES string of the molecule is CC1(C)CCCC1C(=O)NOC1CCCC1. The largest absolute Gasteiger partial charge is 0.272 e. The van der Waals surface area contributed by atoms with Crippen molar-refractivity contribution in [2.45, 2.75) is 64.9 Å². The molecule has 92 valence electrons. The van der Waals surface area contributed by atoms with Crippen molar-refractivity contribution in [3.8, 4) is 0 Å². The van der Waals surface area contributed by atoms with Crippen molar-refractivity contribution in [3.63, 3.8) is 0 Å². The molecule has 1 atom stereocenters. The quantitative estimate of drug-likeness (QED) is 0.750. The van der Waals surface area contributed by atoms with Gasteiger partial charge < -0.3 is 0 Å². The molecule has 0 radical (unpaired) electrons. The van der Waals surface area contributed by atoms with Crippen LogP contribution in [0.5, 0.6) is 0 Å². The van der Waals surface area contributed by atoms with E-state index >= 15 is 0 Å². The van der Waals surface area contributed by atoms with E-state index in [9.17, 15) is 4.79 Å². The van der Waals surface area contributed by atoms with E-state index < -0.39 is 0 Å². The maximum absolute atomic E-state index is 12.0. The Balaban J connectivity index is 1.79. The summed E-state index contributed by atoms with van der Waals surface area (Å²) in [7, 11) is 0. The third-order valence-electron chi connectivity index (χ3n) is 4.20. The molecule has 1 unspecified atom stereocenters. The number of amides is 1. The van der Waals surface area contributed by atoms with Crippen LogP contribution in [0.2, 0.25) is 0 Å². The zero-order valence-corrected chi connectivity index (χ0v) is 10.4. The molecule has 0 aliphatic heterocycles. The van der Waals surface area contributed by atoms with Crippen LogP contribution in [0.3, 0.4) is 0 Å². The summed E-state index contributed by atoms with van der Waals surface area (Å²) in [6.07, 6.45) is 8.22. The number of hydrogen-bond acceptors (Lipinski definition) is 2. The molecular weight excluding hydrogens is 202 g/mol. The second kappa shape index (κ2) is 4.74. The van der Waals surface area contributed by atoms with Gasteiger partial charge >= 0.3 is 0 Å². The van der Waals surface area contributed by atoms with Crippen molar-refractivity contribution in [1.82, 2.24) is 5.48 Å². The molecule has 16 heavy (non-hydrogen) atoms. The maximum Gasteiger partial charge on any atom is 0.247 e. The lowest BCUT2D eigenvalue weighted by Crippen LogP contribution is -2.37. The molecule has 3 heteroatoms. The average molecular weight is 225 g/mol. The van der Waals surface area contributed by atoms with Crippen molar-refractivity contribution in [3.05, 3.63) is 0 Å². The molecule has 2 rings (SSSR count). The van der Waals surface area contributed by atoms with Crippen LogP contribution in [0.4, 0.5) is 0 Å². The van der Waals surface area contributed by atoms with Crippen LogP contribution >= 0.6 is 0 Å². The van der Waals surface area contributed by atoms with Gasteiger partial charge in [-0.2, -0.15) is 0 Å². The number of rotatable bonds is 3. The minimum Gasteiger partial charge on any atom is -0.272 e. The van der Waals surface area contributed by atoms with Crippen LogP contribution in [0.25, 0.3) is 0 Å². The fraction of sp³-hybridized carbons (Fsp3) is 0.923. The predicted molar refractivity (Wildman–Crippen MR) is 62.6 cm³/mol. The first-order valence-electron chi connectivity index (χ1n) is 6.55. The zero-order valence-electron chi connectivity index (χ0n) is 10.4. The van der Waals surface area contributed by atoms with E-state index in [1.807, 2.05) is 0 Å². The summed E-state index contributed by atoms with van der Waals surface area (Å²) >= 11 is 0. The molecule has 0 aromatic heterocycles. The molecule has 2 saturated carbocycles. The predicted octanol–water partition coefficient (Wildman–Crippen LogP) is 2.80. The molecule has 0 aromatic rings. The van der Waals surface area contributed by atoms with E-state index in [2.05, 4.69) is 19.3 Å². The van der Waals surface area contributed by atoms with Gasteiger partial charge in [-0.1, -0.05) is 33.1 Å². The Morgan fingerprint density at radius 3 is 2.44 bits per heavy atom. The molecule has 0 bridgehead atoms. The monoisotopic (exact) mass is 225 g/mol. The Morgan fingerprint density at radius 1 is 1.19 bits per heavy atom. The van der Waals surface area contributed by atoms with Gasteiger partial charge in [0.05, 0.1) is 6.10 Å². The Morgan fingerprint density at radius 2 is 1.88 bits per heavy atom. The maximum atomic E-state index is 12.0. The Hall–Kier alpha value is -0.570. The molecule has 1 N–H and O–H groups in total. The topological polar surface area (TPSA) is 38.3 Å². The Bertz CT molecular complexity index is 257. The number of carbonyl (C=O) groups excluding carboxylic acids is 1. The Labute approximate surface area is 97.9 Å². The second-order valence-electron chi connectivity index (χ2n) is 5.92. The summed E-state index contributed by atoms with van der Waals surface area (Å²) in [5.41, 5.74) is 2.83. The highest BCUT2D eigenvalue weighted by atomic mass is 16.7. The standard InChI is InChI=1S/C13H23NO2/c1-13(2)9-5-8-11(13)12(15)14-16-10-6-3-4-7-10/h10-11H,3-9H2,1-2H3,(H,14,15). The molecule has 1 amide bonds. The molecule has 2 aliphatic carbocycles. The molecule has 3 nitrogen and oxygen atoms in total. The zero-order chi connectivity index (χ0) is 11.6. The van der Waals surface area contributed by atoms with Gasteiger partial charge in [-0.25, -0.2) is 5.48 Å². The third-order valence-corrected chi connectivity index (χ3v) is 4.20. The first kappa shape index (κ1) is 11.9. The Kier molecular flexibility index (Phi) is 3.53. The van der Waals surface area contributed by atoms with Gasteiger partial charge in [0.15, 0.2) is 0 Å². The minimum atomic E-state index is 0.0920. The van der Waals surface area contributed by atoms with E-state index in [1.54, 1.807) is 0 Å². The van der Waals surface area contributed by atoms with Gasteiger partial charge in [-0.05, 0) is 31.1 Å². The summed E-state index contributed by atoms with van der Waals surface area (Å²) in [6, 6.07) is 0. The molecule has 0 aromatic carbocycles. The van der Waals surface area contributed by atoms with Crippen molar-refractivity contribution in [2.75, 3.05) is 0 Å². The summed E-state index contributed by atoms with van der Waals surface area (Å²) < 4.78 is 0. The number of hydrogen-bond donors (Lipinski definition) is 1. The molecule has 0 saturated heterocycles. The lowest BCUT2D eigenvalue weighted by molar-refractivity contribution is -0.145. The van der Waals surface area contributed by atoms with E-state index in [0.717, 1.165) is 32.1 Å². The minimum absolute atomic E-state index is 0.0920. The smallest absolute Gasteiger partial charge is 0.247 e. The van der Waals surface area contributed by atoms with Crippen LogP contribution in [0.15, 0.2) is 0 Å². The first-order valence-corrected chi connectivity index (χ1v) is 6.55. The highest BCUT2D eigenvalue weighted by Gasteiger charge is 2.39. The number of hydroxylamine groups is 1. The summed E-state index contributed by atoms with van der Waals surface area (Å²) in [4.78, 5) is 17.5. The third kappa shape index (κ3) is 2.57. The van der Waals surface area contributed by atoms with Crippen molar-refractivity contribution < 1.29 is 9.63 Å². The van der Waals surface area contributed by atoms with Crippen LogP contribution < -0.4 is 5.48 Å². The summed E-state index contributed by atoms with van der Waals surface area (Å²) in [5.74, 6) is 0.225. The fourth-order valence-corrected chi connectivity index (χ4v) is 3.03. The molecular formula is C13H23NO2. The lowest BCUT2D eigenvalue weighted by atomic mass is 9.81. The normalized spacial score (nSPS) is 29.5. The second-order valence-corrected chi connectivity index (χ2v) is 5.92. The van der Waals surface area contributed by atoms with E-state index in [4.69, 9.17) is 4.84 Å². The van der Waals surface area contributed by atoms with Gasteiger partial charge in [-0.15, -0.1) is 0 Å². The van der Waals surface area contributed by atoms with Crippen LogP contribution in [0.1, 0.15) is 58.8 Å². The van der Waals surface area contributed by atoms with Gasteiger partial charge in [-0.3, -0.25) is 9.63 Å². The van der Waals surface area contributed by atoms with E-state index in [0.29, 0.717) is 0 Å².